The molecule has 0 saturated heterocycles. The van der Waals surface area contributed by atoms with E-state index in [1.54, 1.807) is 0 Å². The Kier molecular flexibility index (Phi) is 66.3. The zero-order valence-corrected chi connectivity index (χ0v) is 52.2. The highest BCUT2D eigenvalue weighted by molar-refractivity contribution is 5.70. The second-order valence-electron chi connectivity index (χ2n) is 23.2. The number of aliphatic hydroxyl groups excluding tert-OH is 1. The Morgan fingerprint density at radius 3 is 0.846 bits per heavy atom. The first kappa shape index (κ1) is 75.3. The van der Waals surface area contributed by atoms with Gasteiger partial charge in [0.15, 0.2) is 6.10 Å². The molecule has 1 N–H and O–H groups in total. The summed E-state index contributed by atoms with van der Waals surface area (Å²) in [6.45, 7) is 4.07. The van der Waals surface area contributed by atoms with Crippen molar-refractivity contribution in [2.24, 2.45) is 0 Å². The van der Waals surface area contributed by atoms with E-state index in [0.29, 0.717) is 12.8 Å². The first-order valence-electron chi connectivity index (χ1n) is 34.5. The van der Waals surface area contributed by atoms with Crippen LogP contribution in [0.5, 0.6) is 0 Å². The van der Waals surface area contributed by atoms with E-state index in [1.165, 1.54) is 263 Å². The number of hydrogen-bond donors (Lipinski definition) is 1. The molecule has 0 aliphatic carbocycles. The minimum absolute atomic E-state index is 0.0625. The van der Waals surface area contributed by atoms with Gasteiger partial charge in [-0.1, -0.05) is 337 Å². The third-order valence-electron chi connectivity index (χ3n) is 15.5. The van der Waals surface area contributed by atoms with E-state index < -0.39 is 6.10 Å². The van der Waals surface area contributed by atoms with Crippen molar-refractivity contribution in [2.45, 2.75) is 367 Å². The molecular formula is C73H132O5. The Labute approximate surface area is 486 Å². The summed E-state index contributed by atoms with van der Waals surface area (Å²) in [6, 6.07) is 0. The highest BCUT2D eigenvalue weighted by atomic mass is 16.6. The molecule has 1 unspecified atom stereocenters. The fraction of sp³-hybridized carbons (Fsp3) is 0.808. The lowest BCUT2D eigenvalue weighted by molar-refractivity contribution is -0.161. The highest BCUT2D eigenvalue weighted by Gasteiger charge is 2.16. The van der Waals surface area contributed by atoms with E-state index in [1.807, 2.05) is 0 Å². The number of ether oxygens (including phenoxy) is 2. The van der Waals surface area contributed by atoms with Gasteiger partial charge in [-0.3, -0.25) is 9.59 Å². The lowest BCUT2D eigenvalue weighted by atomic mass is 10.0. The maximum absolute atomic E-state index is 12.4. The van der Waals surface area contributed by atoms with Gasteiger partial charge in [-0.05, 0) is 83.5 Å². The summed E-state index contributed by atoms with van der Waals surface area (Å²) >= 11 is 0. The van der Waals surface area contributed by atoms with Crippen molar-refractivity contribution < 1.29 is 24.2 Å². The summed E-state index contributed by atoms with van der Waals surface area (Å²) < 4.78 is 10.8. The monoisotopic (exact) mass is 1090 g/mol. The van der Waals surface area contributed by atoms with Gasteiger partial charge in [0.25, 0.3) is 0 Å². The van der Waals surface area contributed by atoms with Crippen LogP contribution in [0, 0.1) is 0 Å². The van der Waals surface area contributed by atoms with Crippen molar-refractivity contribution in [3.63, 3.8) is 0 Å². The van der Waals surface area contributed by atoms with Crippen LogP contribution >= 0.6 is 0 Å². The zero-order chi connectivity index (χ0) is 56.2. The van der Waals surface area contributed by atoms with Gasteiger partial charge in [-0.2, -0.15) is 0 Å². The molecule has 0 fully saturated rings. The van der Waals surface area contributed by atoms with E-state index in [0.717, 1.165) is 70.6 Å². The normalized spacial score (nSPS) is 12.6. The van der Waals surface area contributed by atoms with Gasteiger partial charge in [-0.15, -0.1) is 0 Å². The van der Waals surface area contributed by atoms with Crippen LogP contribution in [0.4, 0.5) is 0 Å². The van der Waals surface area contributed by atoms with Gasteiger partial charge in [0.05, 0.1) is 6.61 Å². The maximum atomic E-state index is 12.4. The number of aliphatic hydroxyl groups is 1. The SMILES string of the molecule is CC/C=C\C/C=C\C/C=C\C/C=C\C/C=C\CCCCCCCCCCCCCCCCCCCC(=O)OC(CO)COC(=O)CCCCCCCCCCCCCCCCCCCCC/C=C\CCCCCCCCCC. The second-order valence-corrected chi connectivity index (χ2v) is 23.2. The number of hydrogen-bond acceptors (Lipinski definition) is 5. The van der Waals surface area contributed by atoms with E-state index in [9.17, 15) is 14.7 Å². The minimum Gasteiger partial charge on any atom is -0.462 e. The van der Waals surface area contributed by atoms with Crippen molar-refractivity contribution in [3.8, 4) is 0 Å². The summed E-state index contributed by atoms with van der Waals surface area (Å²) in [4.78, 5) is 24.6. The van der Waals surface area contributed by atoms with Crippen LogP contribution in [0.15, 0.2) is 72.9 Å². The van der Waals surface area contributed by atoms with Gasteiger partial charge in [-0.25, -0.2) is 0 Å². The number of rotatable bonds is 64. The molecule has 0 aromatic carbocycles. The van der Waals surface area contributed by atoms with Crippen molar-refractivity contribution in [3.05, 3.63) is 72.9 Å². The van der Waals surface area contributed by atoms with Crippen molar-refractivity contribution in [1.82, 2.24) is 0 Å². The molecule has 0 saturated carbocycles. The summed E-state index contributed by atoms with van der Waals surface area (Å²) in [5.41, 5.74) is 0. The molecule has 0 aliphatic rings. The minimum atomic E-state index is -0.773. The van der Waals surface area contributed by atoms with Crippen molar-refractivity contribution in [1.29, 1.82) is 0 Å². The zero-order valence-electron chi connectivity index (χ0n) is 52.2. The predicted molar refractivity (Wildman–Crippen MR) is 343 cm³/mol. The first-order chi connectivity index (χ1) is 38.6. The molecule has 0 aromatic heterocycles. The van der Waals surface area contributed by atoms with Crippen molar-refractivity contribution >= 4 is 11.9 Å². The summed E-state index contributed by atoms with van der Waals surface area (Å²) in [5.74, 6) is -0.572. The van der Waals surface area contributed by atoms with Crippen LogP contribution in [0.1, 0.15) is 361 Å². The van der Waals surface area contributed by atoms with Crippen LogP contribution in [-0.4, -0.2) is 36.4 Å². The smallest absolute Gasteiger partial charge is 0.306 e. The van der Waals surface area contributed by atoms with Crippen LogP contribution < -0.4 is 0 Å². The van der Waals surface area contributed by atoms with E-state index in [2.05, 4.69) is 86.8 Å². The van der Waals surface area contributed by atoms with Gasteiger partial charge < -0.3 is 14.6 Å². The number of carbonyl (C=O) groups excluding carboxylic acids is 2. The first-order valence-corrected chi connectivity index (χ1v) is 34.5. The molecule has 0 rings (SSSR count). The quantitative estimate of drug-likeness (QED) is 0.0373. The lowest BCUT2D eigenvalue weighted by Gasteiger charge is -2.15. The number of allylic oxidation sites excluding steroid dienone is 12. The Balaban J connectivity index is 3.42. The molecule has 78 heavy (non-hydrogen) atoms. The van der Waals surface area contributed by atoms with Gasteiger partial charge >= 0.3 is 11.9 Å². The molecule has 0 aliphatic heterocycles. The van der Waals surface area contributed by atoms with E-state index in [4.69, 9.17) is 9.47 Å². The largest absolute Gasteiger partial charge is 0.462 e. The Morgan fingerprint density at radius 2 is 0.551 bits per heavy atom. The molecule has 0 spiro atoms. The third kappa shape index (κ3) is 65.9. The average Bonchev–Trinajstić information content (AvgIpc) is 3.44. The fourth-order valence-corrected chi connectivity index (χ4v) is 10.3. The van der Waals surface area contributed by atoms with Gasteiger partial charge in [0.2, 0.25) is 0 Å². The number of esters is 2. The highest BCUT2D eigenvalue weighted by Crippen LogP contribution is 2.18. The summed E-state index contributed by atoms with van der Waals surface area (Å²) in [5, 5.41) is 9.70. The van der Waals surface area contributed by atoms with Crippen LogP contribution in [-0.2, 0) is 19.1 Å². The molecule has 0 aromatic rings. The number of carbonyl (C=O) groups is 2. The summed E-state index contributed by atoms with van der Waals surface area (Å²) in [7, 11) is 0. The van der Waals surface area contributed by atoms with Crippen LogP contribution in [0.25, 0.3) is 0 Å². The molecule has 0 bridgehead atoms. The molecule has 1 atom stereocenters. The van der Waals surface area contributed by atoms with E-state index in [-0.39, 0.29) is 25.2 Å². The van der Waals surface area contributed by atoms with E-state index >= 15 is 0 Å². The molecule has 0 radical (unpaired) electrons. The van der Waals surface area contributed by atoms with Crippen LogP contribution in [0.3, 0.4) is 0 Å². The molecule has 5 nitrogen and oxygen atoms in total. The predicted octanol–water partition coefficient (Wildman–Crippen LogP) is 23.9. The Morgan fingerprint density at radius 1 is 0.308 bits per heavy atom. The molecule has 0 heterocycles. The summed E-state index contributed by atoms with van der Waals surface area (Å²) in [6.07, 6.45) is 95.0. The standard InChI is InChI=1S/C73H132O5/c1-3-5-7-9-11-13-15-17-19-21-23-25-27-29-31-33-35-36-38-40-42-44-46-48-50-52-54-56-58-60-62-64-66-68-73(76)78-71(69-74)70-77-72(75)67-65-63-61-59-57-55-53-51-49-47-45-43-41-39-37-34-32-30-28-26-24-22-20-18-16-14-12-10-8-6-4-2/h5,7,11,13,17,19,22-25,29,31,71,74H,3-4,6,8-10,12,14-16,18,20-21,26-28,30,32-70H2,1-2H3/b7-5-,13-11-,19-17-,24-22-,25-23-,31-29-. The Hall–Kier alpha value is -2.66. The van der Waals surface area contributed by atoms with Crippen LogP contribution in [0.2, 0.25) is 0 Å². The fourth-order valence-electron chi connectivity index (χ4n) is 10.3. The third-order valence-corrected chi connectivity index (χ3v) is 15.5. The van der Waals surface area contributed by atoms with Crippen molar-refractivity contribution in [2.75, 3.05) is 13.2 Å². The maximum Gasteiger partial charge on any atom is 0.306 e. The molecule has 454 valence electrons. The Bertz CT molecular complexity index is 1370. The second kappa shape index (κ2) is 68.6. The number of unbranched alkanes of at least 4 members (excludes halogenated alkanes) is 44. The molecule has 5 heteroatoms. The average molecular weight is 1090 g/mol. The molecule has 0 amide bonds. The topological polar surface area (TPSA) is 72.8 Å². The molecular weight excluding hydrogens is 957 g/mol. The lowest BCUT2D eigenvalue weighted by Crippen LogP contribution is -2.28. The van der Waals surface area contributed by atoms with Gasteiger partial charge in [0.1, 0.15) is 6.61 Å². The van der Waals surface area contributed by atoms with Gasteiger partial charge in [0, 0.05) is 12.8 Å².